The van der Waals surface area contributed by atoms with Gasteiger partial charge in [0.1, 0.15) is 0 Å². The number of fused-ring (bicyclic) bond motifs is 1. The molecule has 0 amide bonds. The highest BCUT2D eigenvalue weighted by Gasteiger charge is 2.25. The van der Waals surface area contributed by atoms with Gasteiger partial charge in [-0.15, -0.1) is 0 Å². The molecule has 2 unspecified atom stereocenters. The van der Waals surface area contributed by atoms with Gasteiger partial charge in [-0.1, -0.05) is 6.07 Å². The number of nitrogens with zero attached hydrogens (tertiary/aromatic N) is 1. The highest BCUT2D eigenvalue weighted by Crippen LogP contribution is 2.30. The van der Waals surface area contributed by atoms with Gasteiger partial charge in [-0.2, -0.15) is 0 Å². The van der Waals surface area contributed by atoms with Crippen molar-refractivity contribution in [3.05, 3.63) is 34.2 Å². The molecule has 0 radical (unpaired) electrons. The number of hydrogen-bond donors (Lipinski definition) is 2. The average Bonchev–Trinajstić information content (AvgIpc) is 2.81. The summed E-state index contributed by atoms with van der Waals surface area (Å²) in [7, 11) is 0. The summed E-state index contributed by atoms with van der Waals surface area (Å²) in [6.07, 6.45) is 2.92. The normalized spacial score (nSPS) is 24.6. The zero-order valence-corrected chi connectivity index (χ0v) is 9.94. The van der Waals surface area contributed by atoms with Crippen LogP contribution in [0, 0.1) is 6.92 Å². The molecule has 0 saturated heterocycles. The molecule has 1 heterocycles. The molecule has 0 aliphatic heterocycles. The van der Waals surface area contributed by atoms with E-state index in [1.807, 2.05) is 23.6 Å². The number of benzene rings is 1. The lowest BCUT2D eigenvalue weighted by atomic mass is 10.2. The van der Waals surface area contributed by atoms with Crippen molar-refractivity contribution in [3.8, 4) is 0 Å². The fraction of sp³-hybridized carbons (Fsp3) is 0.462. The Kier molecular flexibility index (Phi) is 2.33. The quantitative estimate of drug-likeness (QED) is 0.784. The minimum atomic E-state index is -0.00954. The fourth-order valence-corrected chi connectivity index (χ4v) is 2.82. The van der Waals surface area contributed by atoms with Crippen LogP contribution in [0.1, 0.15) is 30.9 Å². The largest absolute Gasteiger partial charge is 0.328 e. The number of nitrogens with one attached hydrogen (secondary N) is 1. The van der Waals surface area contributed by atoms with Gasteiger partial charge in [0, 0.05) is 12.1 Å². The van der Waals surface area contributed by atoms with Gasteiger partial charge in [0.2, 0.25) is 0 Å². The van der Waals surface area contributed by atoms with Gasteiger partial charge in [-0.3, -0.25) is 4.57 Å². The summed E-state index contributed by atoms with van der Waals surface area (Å²) in [6, 6.07) is 6.55. The maximum absolute atomic E-state index is 12.0. The van der Waals surface area contributed by atoms with Crippen LogP contribution in [-0.2, 0) is 0 Å². The van der Waals surface area contributed by atoms with Crippen molar-refractivity contribution in [2.24, 2.45) is 5.73 Å². The third-order valence-electron chi connectivity index (χ3n) is 3.68. The standard InChI is InChI=1S/C13H17N3O/c1-8-2-5-11-12(6-8)16(13(17)15-11)10-4-3-9(14)7-10/h2,5-6,9-10H,3-4,7,14H2,1H3,(H,15,17). The molecule has 3 rings (SSSR count). The Morgan fingerprint density at radius 2 is 2.24 bits per heavy atom. The van der Waals surface area contributed by atoms with E-state index in [4.69, 9.17) is 5.73 Å². The molecule has 1 aromatic heterocycles. The summed E-state index contributed by atoms with van der Waals surface area (Å²) in [5, 5.41) is 0. The van der Waals surface area contributed by atoms with E-state index >= 15 is 0 Å². The smallest absolute Gasteiger partial charge is 0.326 e. The number of nitrogens with two attached hydrogens (primary N) is 1. The van der Waals surface area contributed by atoms with Gasteiger partial charge >= 0.3 is 5.69 Å². The minimum absolute atomic E-state index is 0.00954. The molecule has 1 fully saturated rings. The summed E-state index contributed by atoms with van der Waals surface area (Å²) < 4.78 is 1.88. The van der Waals surface area contributed by atoms with E-state index in [9.17, 15) is 4.79 Å². The predicted octanol–water partition coefficient (Wildman–Crippen LogP) is 1.69. The van der Waals surface area contributed by atoms with Crippen LogP contribution in [0.4, 0.5) is 0 Å². The van der Waals surface area contributed by atoms with Crippen LogP contribution >= 0.6 is 0 Å². The Hall–Kier alpha value is -1.55. The zero-order chi connectivity index (χ0) is 12.0. The topological polar surface area (TPSA) is 63.8 Å². The predicted molar refractivity (Wildman–Crippen MR) is 68.2 cm³/mol. The number of aromatic nitrogens is 2. The van der Waals surface area contributed by atoms with Crippen LogP contribution in [-0.4, -0.2) is 15.6 Å². The Balaban J connectivity index is 2.17. The van der Waals surface area contributed by atoms with Gasteiger partial charge in [0.25, 0.3) is 0 Å². The second-order valence-electron chi connectivity index (χ2n) is 5.05. The van der Waals surface area contributed by atoms with Gasteiger partial charge in [0.05, 0.1) is 11.0 Å². The van der Waals surface area contributed by atoms with Crippen molar-refractivity contribution in [2.75, 3.05) is 0 Å². The molecule has 4 heteroatoms. The number of imidazole rings is 1. The van der Waals surface area contributed by atoms with Crippen LogP contribution in [0.2, 0.25) is 0 Å². The van der Waals surface area contributed by atoms with Crippen LogP contribution in [0.5, 0.6) is 0 Å². The van der Waals surface area contributed by atoms with E-state index < -0.39 is 0 Å². The third-order valence-corrected chi connectivity index (χ3v) is 3.68. The first-order valence-corrected chi connectivity index (χ1v) is 6.11. The molecule has 1 aliphatic rings. The second kappa shape index (κ2) is 3.74. The molecule has 17 heavy (non-hydrogen) atoms. The number of aryl methyl sites for hydroxylation is 1. The Bertz CT molecular complexity index is 611. The van der Waals surface area contributed by atoms with Crippen molar-refractivity contribution in [1.82, 2.24) is 9.55 Å². The lowest BCUT2D eigenvalue weighted by Gasteiger charge is -2.11. The van der Waals surface area contributed by atoms with Crippen LogP contribution in [0.15, 0.2) is 23.0 Å². The lowest BCUT2D eigenvalue weighted by Crippen LogP contribution is -2.22. The third kappa shape index (κ3) is 1.69. The highest BCUT2D eigenvalue weighted by molar-refractivity contribution is 5.76. The Morgan fingerprint density at radius 1 is 1.41 bits per heavy atom. The van der Waals surface area contributed by atoms with Crippen LogP contribution < -0.4 is 11.4 Å². The van der Waals surface area contributed by atoms with Crippen molar-refractivity contribution in [1.29, 1.82) is 0 Å². The van der Waals surface area contributed by atoms with Gasteiger partial charge in [-0.05, 0) is 43.9 Å². The molecule has 1 aromatic carbocycles. The number of rotatable bonds is 1. The molecule has 4 nitrogen and oxygen atoms in total. The first-order chi connectivity index (χ1) is 8.15. The van der Waals surface area contributed by atoms with E-state index in [1.165, 1.54) is 5.56 Å². The number of H-pyrrole nitrogens is 1. The maximum Gasteiger partial charge on any atom is 0.326 e. The molecule has 2 aromatic rings. The highest BCUT2D eigenvalue weighted by atomic mass is 16.1. The van der Waals surface area contributed by atoms with Gasteiger partial charge < -0.3 is 10.7 Å². The molecule has 90 valence electrons. The van der Waals surface area contributed by atoms with E-state index in [0.717, 1.165) is 30.3 Å². The first-order valence-electron chi connectivity index (χ1n) is 6.11. The van der Waals surface area contributed by atoms with Crippen molar-refractivity contribution >= 4 is 11.0 Å². The summed E-state index contributed by atoms with van der Waals surface area (Å²) >= 11 is 0. The van der Waals surface area contributed by atoms with E-state index in [1.54, 1.807) is 0 Å². The minimum Gasteiger partial charge on any atom is -0.328 e. The van der Waals surface area contributed by atoms with Crippen molar-refractivity contribution in [2.45, 2.75) is 38.3 Å². The molecular formula is C13H17N3O. The number of hydrogen-bond acceptors (Lipinski definition) is 2. The molecular weight excluding hydrogens is 214 g/mol. The summed E-state index contributed by atoms with van der Waals surface area (Å²) in [5.41, 5.74) is 9.02. The molecule has 1 saturated carbocycles. The lowest BCUT2D eigenvalue weighted by molar-refractivity contribution is 0.509. The van der Waals surface area contributed by atoms with E-state index in [-0.39, 0.29) is 17.8 Å². The maximum atomic E-state index is 12.0. The Morgan fingerprint density at radius 3 is 2.94 bits per heavy atom. The SMILES string of the molecule is Cc1ccc2[nH]c(=O)n(C3CCC(N)C3)c2c1. The average molecular weight is 231 g/mol. The number of aromatic amines is 1. The summed E-state index contributed by atoms with van der Waals surface area (Å²) in [5.74, 6) is 0. The van der Waals surface area contributed by atoms with Gasteiger partial charge in [0.15, 0.2) is 0 Å². The first kappa shape index (κ1) is 10.6. The molecule has 0 spiro atoms. The molecule has 2 atom stereocenters. The van der Waals surface area contributed by atoms with E-state index in [2.05, 4.69) is 11.1 Å². The Labute approximate surface area is 99.4 Å². The van der Waals surface area contributed by atoms with Crippen LogP contribution in [0.3, 0.4) is 0 Å². The monoisotopic (exact) mass is 231 g/mol. The van der Waals surface area contributed by atoms with Crippen molar-refractivity contribution in [3.63, 3.8) is 0 Å². The molecule has 1 aliphatic carbocycles. The molecule has 3 N–H and O–H groups in total. The van der Waals surface area contributed by atoms with E-state index in [0.29, 0.717) is 0 Å². The fourth-order valence-electron chi connectivity index (χ4n) is 2.82. The second-order valence-corrected chi connectivity index (χ2v) is 5.05. The van der Waals surface area contributed by atoms with Gasteiger partial charge in [-0.25, -0.2) is 4.79 Å². The summed E-state index contributed by atoms with van der Waals surface area (Å²) in [6.45, 7) is 2.04. The molecule has 0 bridgehead atoms. The zero-order valence-electron chi connectivity index (χ0n) is 9.94. The van der Waals surface area contributed by atoms with Crippen LogP contribution in [0.25, 0.3) is 11.0 Å². The van der Waals surface area contributed by atoms with Crippen molar-refractivity contribution < 1.29 is 0 Å². The summed E-state index contributed by atoms with van der Waals surface area (Å²) in [4.78, 5) is 14.9.